The first-order valence-electron chi connectivity index (χ1n) is 13.8. The Morgan fingerprint density at radius 1 is 0.561 bits per heavy atom. The third kappa shape index (κ3) is 7.83. The molecule has 0 fully saturated rings. The number of halogens is 4. The molecule has 0 radical (unpaired) electrons. The molecule has 41 heavy (non-hydrogen) atoms. The fraction of sp³-hybridized carbons (Fsp3) is 0.257. The minimum Gasteiger partial charge on any atom is -0.235 e. The van der Waals surface area contributed by atoms with Gasteiger partial charge in [-0.05, 0) is 78.3 Å². The summed E-state index contributed by atoms with van der Waals surface area (Å²) in [6, 6.07) is 20.1. The van der Waals surface area contributed by atoms with Crippen LogP contribution in [0.15, 0.2) is 72.8 Å². The Hall–Kier alpha value is -4.42. The molecule has 0 unspecified atom stereocenters. The van der Waals surface area contributed by atoms with Crippen LogP contribution in [0.25, 0.3) is 27.1 Å². The normalized spacial score (nSPS) is 10.8. The zero-order chi connectivity index (χ0) is 29.2. The van der Waals surface area contributed by atoms with Crippen LogP contribution >= 0.6 is 0 Å². The van der Waals surface area contributed by atoms with Crippen LogP contribution in [0.5, 0.6) is 0 Å². The Morgan fingerprint density at radius 2 is 1.05 bits per heavy atom. The Labute approximate surface area is 238 Å². The number of hydrogen-bond acceptors (Lipinski definition) is 1. The summed E-state index contributed by atoms with van der Waals surface area (Å²) in [6.07, 6.45) is 8.87. The fourth-order valence-corrected chi connectivity index (χ4v) is 4.98. The minimum atomic E-state index is -0.656. The van der Waals surface area contributed by atoms with E-state index in [1.165, 1.54) is 36.4 Å². The van der Waals surface area contributed by atoms with Gasteiger partial charge in [-0.1, -0.05) is 74.6 Å². The molecular weight excluding hydrogens is 524 g/mol. The van der Waals surface area contributed by atoms with Crippen molar-refractivity contribution >= 4 is 5.69 Å². The third-order valence-corrected chi connectivity index (χ3v) is 7.28. The van der Waals surface area contributed by atoms with Crippen molar-refractivity contribution in [2.75, 3.05) is 0 Å². The van der Waals surface area contributed by atoms with E-state index in [0.717, 1.165) is 68.9 Å². The van der Waals surface area contributed by atoms with E-state index in [4.69, 9.17) is 11.8 Å². The highest BCUT2D eigenvalue weighted by atomic mass is 19.1. The quantitative estimate of drug-likeness (QED) is 0.0973. The van der Waals surface area contributed by atoms with Gasteiger partial charge in [0.1, 0.15) is 29.3 Å². The van der Waals surface area contributed by atoms with E-state index < -0.39 is 23.3 Å². The first-order chi connectivity index (χ1) is 19.9. The van der Waals surface area contributed by atoms with Crippen molar-refractivity contribution < 1.29 is 17.6 Å². The topological polar surface area (TPSA) is 28.1 Å². The van der Waals surface area contributed by atoms with Crippen LogP contribution < -0.4 is 0 Å². The van der Waals surface area contributed by atoms with Gasteiger partial charge in [0.2, 0.25) is 5.69 Å². The minimum absolute atomic E-state index is 0.0619. The predicted molar refractivity (Wildman–Crippen MR) is 154 cm³/mol. The van der Waals surface area contributed by atoms with Crippen molar-refractivity contribution in [3.05, 3.63) is 124 Å². The first kappa shape index (κ1) is 29.6. The molecule has 2 nitrogen and oxygen atoms in total. The van der Waals surface area contributed by atoms with Crippen LogP contribution in [0.2, 0.25) is 0 Å². The lowest BCUT2D eigenvalue weighted by molar-refractivity contribution is 0.576. The number of hydrogen-bond donors (Lipinski definition) is 0. The average Bonchev–Trinajstić information content (AvgIpc) is 2.96. The highest BCUT2D eigenvalue weighted by Crippen LogP contribution is 2.29. The summed E-state index contributed by atoms with van der Waals surface area (Å²) in [5, 5.41) is 8.86. The molecule has 0 N–H and O–H groups in total. The van der Waals surface area contributed by atoms with E-state index in [1.54, 1.807) is 30.3 Å². The Balaban J connectivity index is 1.13. The summed E-state index contributed by atoms with van der Waals surface area (Å²) >= 11 is 0. The lowest BCUT2D eigenvalue weighted by Crippen LogP contribution is -1.92. The van der Waals surface area contributed by atoms with E-state index in [1.807, 2.05) is 12.1 Å². The van der Waals surface area contributed by atoms with E-state index in [2.05, 4.69) is 4.85 Å². The molecule has 0 saturated carbocycles. The summed E-state index contributed by atoms with van der Waals surface area (Å²) in [4.78, 5) is 3.10. The number of nitriles is 1. The van der Waals surface area contributed by atoms with E-state index in [0.29, 0.717) is 22.3 Å². The third-order valence-electron chi connectivity index (χ3n) is 7.28. The van der Waals surface area contributed by atoms with Crippen LogP contribution in [-0.2, 0) is 12.8 Å². The summed E-state index contributed by atoms with van der Waals surface area (Å²) in [6.45, 7) is 6.93. The van der Waals surface area contributed by atoms with Crippen molar-refractivity contribution in [1.29, 1.82) is 5.26 Å². The standard InChI is InChI=1S/C35H30F4N2/c1-41-35-18-15-27(22-34(35)39)30-17-12-25(20-33(30)38)10-8-6-4-2-3-5-7-9-24-11-16-29(32(37)19-24)26-13-14-28(23-40)31(36)21-26/h11-22H,2-10H2. The van der Waals surface area contributed by atoms with Gasteiger partial charge in [0, 0.05) is 11.1 Å². The molecule has 0 aromatic heterocycles. The van der Waals surface area contributed by atoms with Gasteiger partial charge in [0.25, 0.3) is 0 Å². The molecule has 0 aliphatic rings. The lowest BCUT2D eigenvalue weighted by atomic mass is 9.98. The van der Waals surface area contributed by atoms with Gasteiger partial charge < -0.3 is 0 Å². The zero-order valence-electron chi connectivity index (χ0n) is 22.7. The number of aryl methyl sites for hydroxylation is 2. The molecule has 208 valence electrons. The van der Waals surface area contributed by atoms with Gasteiger partial charge >= 0.3 is 0 Å². The van der Waals surface area contributed by atoms with Crippen LogP contribution in [0.4, 0.5) is 23.2 Å². The number of unbranched alkanes of at least 4 members (excludes halogenated alkanes) is 6. The molecular formula is C35H30F4N2. The van der Waals surface area contributed by atoms with Gasteiger partial charge in [-0.3, -0.25) is 0 Å². The molecule has 4 aromatic rings. The summed E-state index contributed by atoms with van der Waals surface area (Å²) < 4.78 is 57.1. The van der Waals surface area contributed by atoms with Crippen molar-refractivity contribution in [2.24, 2.45) is 0 Å². The maximum Gasteiger partial charge on any atom is 0.222 e. The highest BCUT2D eigenvalue weighted by molar-refractivity contribution is 5.68. The molecule has 0 aliphatic heterocycles. The molecule has 0 saturated heterocycles. The molecule has 0 heterocycles. The van der Waals surface area contributed by atoms with E-state index >= 15 is 0 Å². The van der Waals surface area contributed by atoms with Gasteiger partial charge in [0.15, 0.2) is 0 Å². The molecule has 0 atom stereocenters. The number of rotatable bonds is 12. The number of benzene rings is 4. The smallest absolute Gasteiger partial charge is 0.222 e. The van der Waals surface area contributed by atoms with Gasteiger partial charge in [0.05, 0.1) is 12.1 Å². The molecule has 0 bridgehead atoms. The lowest BCUT2D eigenvalue weighted by Gasteiger charge is -2.08. The van der Waals surface area contributed by atoms with Crippen LogP contribution in [-0.4, -0.2) is 0 Å². The number of nitrogens with zero attached hydrogens (tertiary/aromatic N) is 2. The van der Waals surface area contributed by atoms with E-state index in [-0.39, 0.29) is 11.3 Å². The van der Waals surface area contributed by atoms with Gasteiger partial charge in [-0.15, -0.1) is 0 Å². The second-order valence-electron chi connectivity index (χ2n) is 10.2. The summed E-state index contributed by atoms with van der Waals surface area (Å²) in [5.74, 6) is -2.10. The highest BCUT2D eigenvalue weighted by Gasteiger charge is 2.11. The molecule has 0 aliphatic carbocycles. The van der Waals surface area contributed by atoms with Crippen LogP contribution in [0.3, 0.4) is 0 Å². The van der Waals surface area contributed by atoms with Crippen LogP contribution in [0, 0.1) is 41.2 Å². The SMILES string of the molecule is [C-]#[N+]c1ccc(-c2ccc(CCCCCCCCCc3ccc(-c4ccc(C#N)c(F)c4)c(F)c3)cc2F)cc1F. The van der Waals surface area contributed by atoms with Crippen molar-refractivity contribution in [3.63, 3.8) is 0 Å². The molecule has 4 rings (SSSR count). The second-order valence-corrected chi connectivity index (χ2v) is 10.2. The van der Waals surface area contributed by atoms with Crippen molar-refractivity contribution in [3.8, 4) is 28.3 Å². The molecule has 4 aromatic carbocycles. The monoisotopic (exact) mass is 554 g/mol. The van der Waals surface area contributed by atoms with Gasteiger partial charge in [-0.2, -0.15) is 5.26 Å². The summed E-state index contributed by atoms with van der Waals surface area (Å²) in [5.41, 5.74) is 3.15. The fourth-order valence-electron chi connectivity index (χ4n) is 4.98. The first-order valence-corrected chi connectivity index (χ1v) is 13.8. The zero-order valence-corrected chi connectivity index (χ0v) is 22.7. The second kappa shape index (κ2) is 14.3. The Morgan fingerprint density at radius 3 is 1.49 bits per heavy atom. The maximum atomic E-state index is 14.7. The van der Waals surface area contributed by atoms with Gasteiger partial charge in [-0.25, -0.2) is 22.4 Å². The van der Waals surface area contributed by atoms with Crippen molar-refractivity contribution in [2.45, 2.75) is 57.8 Å². The Kier molecular flexibility index (Phi) is 10.3. The molecule has 0 amide bonds. The van der Waals surface area contributed by atoms with Crippen molar-refractivity contribution in [1.82, 2.24) is 0 Å². The largest absolute Gasteiger partial charge is 0.235 e. The predicted octanol–water partition coefficient (Wildman–Crippen LogP) is 10.5. The average molecular weight is 555 g/mol. The maximum absolute atomic E-state index is 14.7. The Bertz CT molecular complexity index is 1480. The molecule has 0 spiro atoms. The molecule has 6 heteroatoms. The summed E-state index contributed by atoms with van der Waals surface area (Å²) in [7, 11) is 0. The van der Waals surface area contributed by atoms with Crippen LogP contribution in [0.1, 0.15) is 61.6 Å². The van der Waals surface area contributed by atoms with E-state index in [9.17, 15) is 17.6 Å².